The van der Waals surface area contributed by atoms with Crippen LogP contribution in [0, 0.1) is 6.92 Å². The van der Waals surface area contributed by atoms with Crippen LogP contribution in [-0.4, -0.2) is 37.0 Å². The third-order valence-electron chi connectivity index (χ3n) is 4.20. The zero-order chi connectivity index (χ0) is 18.7. The Balaban J connectivity index is 2.04. The van der Waals surface area contributed by atoms with Crippen molar-refractivity contribution in [2.75, 3.05) is 25.6 Å². The van der Waals surface area contributed by atoms with Crippen LogP contribution in [0.3, 0.4) is 0 Å². The summed E-state index contributed by atoms with van der Waals surface area (Å²) in [6.07, 6.45) is 0. The summed E-state index contributed by atoms with van der Waals surface area (Å²) in [5.41, 5.74) is 2.93. The molecule has 6 heteroatoms. The Kier molecular flexibility index (Phi) is 5.40. The molecule has 2 amide bonds. The molecule has 1 N–H and O–H groups in total. The van der Waals surface area contributed by atoms with Crippen molar-refractivity contribution in [1.29, 1.82) is 0 Å². The summed E-state index contributed by atoms with van der Waals surface area (Å²) in [6.45, 7) is 2.38. The Morgan fingerprint density at radius 1 is 1.08 bits per heavy atom. The highest BCUT2D eigenvalue weighted by Crippen LogP contribution is 2.31. The SMILES string of the molecule is COCCN1C(=O)C(Nc2ccc(Cl)cc2C)=C(c2ccccc2)C1=O. The third-order valence-corrected chi connectivity index (χ3v) is 4.43. The van der Waals surface area contributed by atoms with Crippen molar-refractivity contribution in [3.63, 3.8) is 0 Å². The van der Waals surface area contributed by atoms with E-state index in [1.54, 1.807) is 18.2 Å². The first kappa shape index (κ1) is 18.2. The van der Waals surface area contributed by atoms with Gasteiger partial charge in [0.1, 0.15) is 5.70 Å². The maximum absolute atomic E-state index is 12.9. The molecule has 1 heterocycles. The fraction of sp³-hybridized carbons (Fsp3) is 0.200. The number of ether oxygens (including phenoxy) is 1. The molecule has 1 aliphatic rings. The molecule has 0 saturated carbocycles. The minimum Gasteiger partial charge on any atom is -0.383 e. The lowest BCUT2D eigenvalue weighted by atomic mass is 10.0. The summed E-state index contributed by atoms with van der Waals surface area (Å²) in [5.74, 6) is -0.687. The van der Waals surface area contributed by atoms with Crippen molar-refractivity contribution in [3.8, 4) is 0 Å². The molecule has 26 heavy (non-hydrogen) atoms. The molecule has 0 atom stereocenters. The number of nitrogens with zero attached hydrogens (tertiary/aromatic N) is 1. The van der Waals surface area contributed by atoms with Crippen LogP contribution in [0.15, 0.2) is 54.2 Å². The maximum atomic E-state index is 12.9. The molecule has 0 aliphatic carbocycles. The van der Waals surface area contributed by atoms with E-state index in [9.17, 15) is 9.59 Å². The van der Waals surface area contributed by atoms with Crippen molar-refractivity contribution in [3.05, 3.63) is 70.4 Å². The van der Waals surface area contributed by atoms with E-state index < -0.39 is 0 Å². The molecule has 0 unspecified atom stereocenters. The average molecular weight is 371 g/mol. The standard InChI is InChI=1S/C20H19ClN2O3/c1-13-12-15(21)8-9-16(13)22-18-17(14-6-4-3-5-7-14)19(24)23(20(18)25)10-11-26-2/h3-9,12,22H,10-11H2,1-2H3. The average Bonchev–Trinajstić information content (AvgIpc) is 2.86. The quantitative estimate of drug-likeness (QED) is 0.791. The predicted octanol–water partition coefficient (Wildman–Crippen LogP) is 3.49. The highest BCUT2D eigenvalue weighted by Gasteiger charge is 2.38. The van der Waals surface area contributed by atoms with Crippen molar-refractivity contribution in [1.82, 2.24) is 4.90 Å². The topological polar surface area (TPSA) is 58.6 Å². The Morgan fingerprint density at radius 3 is 2.46 bits per heavy atom. The van der Waals surface area contributed by atoms with Gasteiger partial charge in [-0.3, -0.25) is 14.5 Å². The minimum atomic E-state index is -0.361. The van der Waals surface area contributed by atoms with E-state index >= 15 is 0 Å². The third kappa shape index (κ3) is 3.49. The fourth-order valence-electron chi connectivity index (χ4n) is 2.85. The molecule has 3 rings (SSSR count). The number of benzene rings is 2. The van der Waals surface area contributed by atoms with E-state index in [-0.39, 0.29) is 30.7 Å². The number of anilines is 1. The lowest BCUT2D eigenvalue weighted by molar-refractivity contribution is -0.137. The van der Waals surface area contributed by atoms with Gasteiger partial charge in [0.25, 0.3) is 11.8 Å². The molecule has 5 nitrogen and oxygen atoms in total. The Labute approximate surface area is 157 Å². The zero-order valence-electron chi connectivity index (χ0n) is 14.6. The van der Waals surface area contributed by atoms with Gasteiger partial charge in [0.2, 0.25) is 0 Å². The van der Waals surface area contributed by atoms with E-state index in [0.29, 0.717) is 16.2 Å². The Hall–Kier alpha value is -2.63. The molecule has 1 aliphatic heterocycles. The van der Waals surface area contributed by atoms with Crippen LogP contribution in [0.4, 0.5) is 5.69 Å². The van der Waals surface area contributed by atoms with Gasteiger partial charge in [0, 0.05) is 17.8 Å². The first-order valence-corrected chi connectivity index (χ1v) is 8.58. The number of amides is 2. The molecule has 2 aromatic rings. The summed E-state index contributed by atoms with van der Waals surface area (Å²) in [4.78, 5) is 27.0. The van der Waals surface area contributed by atoms with E-state index in [2.05, 4.69) is 5.32 Å². The van der Waals surface area contributed by atoms with Crippen LogP contribution >= 0.6 is 11.6 Å². The second-order valence-electron chi connectivity index (χ2n) is 5.96. The lowest BCUT2D eigenvalue weighted by Gasteiger charge is -2.15. The number of halogens is 1. The number of carbonyl (C=O) groups excluding carboxylic acids is 2. The summed E-state index contributed by atoms with van der Waals surface area (Å²) < 4.78 is 5.03. The van der Waals surface area contributed by atoms with Crippen LogP contribution in [0.2, 0.25) is 5.02 Å². The highest BCUT2D eigenvalue weighted by molar-refractivity contribution is 6.36. The van der Waals surface area contributed by atoms with Crippen molar-refractivity contribution < 1.29 is 14.3 Å². The van der Waals surface area contributed by atoms with Gasteiger partial charge in [-0.05, 0) is 36.2 Å². The highest BCUT2D eigenvalue weighted by atomic mass is 35.5. The maximum Gasteiger partial charge on any atom is 0.278 e. The molecule has 0 radical (unpaired) electrons. The van der Waals surface area contributed by atoms with E-state index in [4.69, 9.17) is 16.3 Å². The summed E-state index contributed by atoms with van der Waals surface area (Å²) in [5, 5.41) is 3.75. The summed E-state index contributed by atoms with van der Waals surface area (Å²) in [7, 11) is 1.53. The van der Waals surface area contributed by atoms with Crippen molar-refractivity contribution in [2.24, 2.45) is 0 Å². The smallest absolute Gasteiger partial charge is 0.278 e. The number of nitrogens with one attached hydrogen (secondary N) is 1. The first-order valence-electron chi connectivity index (χ1n) is 8.21. The number of imide groups is 1. The molecule has 134 valence electrons. The second-order valence-corrected chi connectivity index (χ2v) is 6.39. The van der Waals surface area contributed by atoms with Gasteiger partial charge >= 0.3 is 0 Å². The molecule has 0 bridgehead atoms. The van der Waals surface area contributed by atoms with Crippen molar-refractivity contribution in [2.45, 2.75) is 6.92 Å². The van der Waals surface area contributed by atoms with Crippen molar-refractivity contribution >= 4 is 34.7 Å². The largest absolute Gasteiger partial charge is 0.383 e. The second kappa shape index (κ2) is 7.72. The number of hydrogen-bond acceptors (Lipinski definition) is 4. The fourth-order valence-corrected chi connectivity index (χ4v) is 3.08. The van der Waals surface area contributed by atoms with Gasteiger partial charge in [0.15, 0.2) is 0 Å². The molecular weight excluding hydrogens is 352 g/mol. The molecule has 0 saturated heterocycles. The molecule has 2 aromatic carbocycles. The van der Waals surface area contributed by atoms with Gasteiger partial charge in [0.05, 0.1) is 18.7 Å². The van der Waals surface area contributed by atoms with Gasteiger partial charge in [-0.25, -0.2) is 0 Å². The monoisotopic (exact) mass is 370 g/mol. The van der Waals surface area contributed by atoms with Gasteiger partial charge in [-0.1, -0.05) is 41.9 Å². The Morgan fingerprint density at radius 2 is 1.81 bits per heavy atom. The van der Waals surface area contributed by atoms with Gasteiger partial charge < -0.3 is 10.1 Å². The predicted molar refractivity (Wildman–Crippen MR) is 102 cm³/mol. The van der Waals surface area contributed by atoms with Crippen LogP contribution in [-0.2, 0) is 14.3 Å². The Bertz CT molecular complexity index is 878. The van der Waals surface area contributed by atoms with Gasteiger partial charge in [-0.2, -0.15) is 0 Å². The minimum absolute atomic E-state index is 0.204. The summed E-state index contributed by atoms with van der Waals surface area (Å²) in [6, 6.07) is 14.5. The molecular formula is C20H19ClN2O3. The number of carbonyl (C=O) groups is 2. The number of hydrogen-bond donors (Lipinski definition) is 1. The van der Waals surface area contributed by atoms with E-state index in [0.717, 1.165) is 11.3 Å². The van der Waals surface area contributed by atoms with Crippen LogP contribution in [0.1, 0.15) is 11.1 Å². The molecule has 0 aromatic heterocycles. The molecule has 0 fully saturated rings. The lowest BCUT2D eigenvalue weighted by Crippen LogP contribution is -2.35. The number of rotatable bonds is 6. The zero-order valence-corrected chi connectivity index (χ0v) is 15.3. The van der Waals surface area contributed by atoms with Gasteiger partial charge in [-0.15, -0.1) is 0 Å². The van der Waals surface area contributed by atoms with Crippen LogP contribution < -0.4 is 5.32 Å². The first-order chi connectivity index (χ1) is 12.5. The molecule has 0 spiro atoms. The normalized spacial score (nSPS) is 14.3. The number of methoxy groups -OCH3 is 1. The van der Waals surface area contributed by atoms with Crippen LogP contribution in [0.25, 0.3) is 5.57 Å². The van der Waals surface area contributed by atoms with Crippen LogP contribution in [0.5, 0.6) is 0 Å². The number of aryl methyl sites for hydroxylation is 1. The summed E-state index contributed by atoms with van der Waals surface area (Å²) >= 11 is 6.01. The van der Waals surface area contributed by atoms with E-state index in [1.807, 2.05) is 37.3 Å². The van der Waals surface area contributed by atoms with E-state index in [1.165, 1.54) is 12.0 Å².